The van der Waals surface area contributed by atoms with Gasteiger partial charge in [-0.25, -0.2) is 13.1 Å². The zero-order valence-electron chi connectivity index (χ0n) is 10.4. The fourth-order valence-corrected chi connectivity index (χ4v) is 3.46. The van der Waals surface area contributed by atoms with E-state index in [0.29, 0.717) is 6.61 Å². The van der Waals surface area contributed by atoms with E-state index in [2.05, 4.69) is 11.3 Å². The molecule has 0 saturated carbocycles. The Kier molecular flexibility index (Phi) is 6.29. The predicted molar refractivity (Wildman–Crippen MR) is 77.3 cm³/mol. The fraction of sp³-hybridized carbons (Fsp3) is 0.333. The highest BCUT2D eigenvalue weighted by atomic mass is 35.5. The maximum absolute atomic E-state index is 12.0. The van der Waals surface area contributed by atoms with Crippen LogP contribution in [-0.2, 0) is 14.8 Å². The molecule has 0 aromatic heterocycles. The largest absolute Gasteiger partial charge is 0.376 e. The maximum Gasteiger partial charge on any atom is 0.243 e. The van der Waals surface area contributed by atoms with Crippen molar-refractivity contribution < 1.29 is 13.2 Å². The Labute approximate surface area is 123 Å². The molecule has 0 fully saturated rings. The molecule has 1 N–H and O–H groups in total. The van der Waals surface area contributed by atoms with Crippen LogP contribution in [0.1, 0.15) is 6.92 Å². The van der Waals surface area contributed by atoms with Crippen LogP contribution in [0, 0.1) is 0 Å². The lowest BCUT2D eigenvalue weighted by molar-refractivity contribution is 0.162. The summed E-state index contributed by atoms with van der Waals surface area (Å²) in [6.07, 6.45) is 0. The first-order chi connectivity index (χ1) is 8.84. The average Bonchev–Trinajstić information content (AvgIpc) is 2.27. The molecule has 106 valence electrons. The molecule has 0 saturated heterocycles. The summed E-state index contributed by atoms with van der Waals surface area (Å²) < 4.78 is 31.6. The summed E-state index contributed by atoms with van der Waals surface area (Å²) in [5.74, 6) is 0. The molecule has 0 heterocycles. The molecule has 4 nitrogen and oxygen atoms in total. The number of nitrogens with one attached hydrogen (secondary N) is 1. The Bertz CT molecular complexity index is 538. The van der Waals surface area contributed by atoms with Gasteiger partial charge in [-0.05, 0) is 19.1 Å². The molecule has 0 aliphatic carbocycles. The van der Waals surface area contributed by atoms with Gasteiger partial charge in [-0.1, -0.05) is 41.4 Å². The monoisotopic (exact) mass is 323 g/mol. The van der Waals surface area contributed by atoms with Gasteiger partial charge in [0.05, 0.1) is 23.3 Å². The first-order valence-electron chi connectivity index (χ1n) is 5.50. The van der Waals surface area contributed by atoms with Crippen molar-refractivity contribution in [2.24, 2.45) is 0 Å². The zero-order chi connectivity index (χ0) is 14.5. The molecule has 19 heavy (non-hydrogen) atoms. The molecule has 1 aromatic carbocycles. The van der Waals surface area contributed by atoms with Gasteiger partial charge in [0, 0.05) is 6.54 Å². The van der Waals surface area contributed by atoms with Crippen molar-refractivity contribution in [2.75, 3.05) is 19.8 Å². The molecule has 0 unspecified atom stereocenters. The second-order valence-corrected chi connectivity index (χ2v) is 6.48. The number of benzene rings is 1. The van der Waals surface area contributed by atoms with Crippen LogP contribution < -0.4 is 4.72 Å². The van der Waals surface area contributed by atoms with Crippen LogP contribution in [0.15, 0.2) is 35.2 Å². The van der Waals surface area contributed by atoms with Gasteiger partial charge < -0.3 is 4.74 Å². The minimum Gasteiger partial charge on any atom is -0.376 e. The van der Waals surface area contributed by atoms with Crippen LogP contribution in [0.4, 0.5) is 0 Å². The third kappa shape index (κ3) is 5.12. The molecule has 0 spiro atoms. The standard InChI is InChI=1S/C12H15Cl2NO3S/c1-9(2)8-18-7-6-15-19(16,17)12-10(13)4-3-5-11(12)14/h3-5,15H,1,6-8H2,2H3. The number of rotatable bonds is 7. The second-order valence-electron chi connectivity index (χ2n) is 3.96. The lowest BCUT2D eigenvalue weighted by atomic mass is 10.4. The molecule has 7 heteroatoms. The van der Waals surface area contributed by atoms with Crippen molar-refractivity contribution in [3.63, 3.8) is 0 Å². The van der Waals surface area contributed by atoms with Crippen molar-refractivity contribution in [1.82, 2.24) is 4.72 Å². The topological polar surface area (TPSA) is 55.4 Å². The molecule has 0 aliphatic rings. The molecule has 0 amide bonds. The Morgan fingerprint density at radius 1 is 1.37 bits per heavy atom. The van der Waals surface area contributed by atoms with E-state index in [-0.39, 0.29) is 28.1 Å². The molecular formula is C12H15Cl2NO3S. The van der Waals surface area contributed by atoms with Crippen molar-refractivity contribution in [2.45, 2.75) is 11.8 Å². The minimum absolute atomic E-state index is 0.0860. The highest BCUT2D eigenvalue weighted by molar-refractivity contribution is 7.89. The summed E-state index contributed by atoms with van der Waals surface area (Å²) in [7, 11) is -3.74. The highest BCUT2D eigenvalue weighted by Crippen LogP contribution is 2.28. The number of sulfonamides is 1. The summed E-state index contributed by atoms with van der Waals surface area (Å²) in [5.41, 5.74) is 0.872. The lowest BCUT2D eigenvalue weighted by Gasteiger charge is -2.10. The Morgan fingerprint density at radius 3 is 2.47 bits per heavy atom. The summed E-state index contributed by atoms with van der Waals surface area (Å²) in [6.45, 7) is 6.28. The Morgan fingerprint density at radius 2 is 1.95 bits per heavy atom. The van der Waals surface area contributed by atoms with E-state index in [4.69, 9.17) is 27.9 Å². The van der Waals surface area contributed by atoms with E-state index < -0.39 is 10.0 Å². The molecule has 0 atom stereocenters. The second kappa shape index (κ2) is 7.26. The first-order valence-corrected chi connectivity index (χ1v) is 7.74. The Hall–Kier alpha value is -0.590. The van der Waals surface area contributed by atoms with Crippen LogP contribution in [0.5, 0.6) is 0 Å². The minimum atomic E-state index is -3.74. The van der Waals surface area contributed by atoms with Crippen LogP contribution in [0.3, 0.4) is 0 Å². The van der Waals surface area contributed by atoms with Crippen LogP contribution in [0.25, 0.3) is 0 Å². The number of hydrogen-bond acceptors (Lipinski definition) is 3. The number of hydrogen-bond donors (Lipinski definition) is 1. The molecule has 1 aromatic rings. The first kappa shape index (κ1) is 16.5. The van der Waals surface area contributed by atoms with Gasteiger partial charge in [-0.3, -0.25) is 0 Å². The van der Waals surface area contributed by atoms with E-state index in [1.54, 1.807) is 6.07 Å². The Balaban J connectivity index is 2.64. The van der Waals surface area contributed by atoms with Gasteiger partial charge in [-0.2, -0.15) is 0 Å². The van der Waals surface area contributed by atoms with Crippen LogP contribution in [0.2, 0.25) is 10.0 Å². The van der Waals surface area contributed by atoms with Gasteiger partial charge >= 0.3 is 0 Å². The van der Waals surface area contributed by atoms with E-state index in [1.165, 1.54) is 12.1 Å². The van der Waals surface area contributed by atoms with Crippen molar-refractivity contribution >= 4 is 33.2 Å². The number of halogens is 2. The van der Waals surface area contributed by atoms with E-state index >= 15 is 0 Å². The van der Waals surface area contributed by atoms with Gasteiger partial charge in [-0.15, -0.1) is 0 Å². The lowest BCUT2D eigenvalue weighted by Crippen LogP contribution is -2.28. The molecule has 0 radical (unpaired) electrons. The molecular weight excluding hydrogens is 309 g/mol. The van der Waals surface area contributed by atoms with Crippen molar-refractivity contribution in [3.8, 4) is 0 Å². The van der Waals surface area contributed by atoms with Crippen molar-refractivity contribution in [3.05, 3.63) is 40.4 Å². The van der Waals surface area contributed by atoms with Crippen LogP contribution >= 0.6 is 23.2 Å². The SMILES string of the molecule is C=C(C)COCCNS(=O)(=O)c1c(Cl)cccc1Cl. The smallest absolute Gasteiger partial charge is 0.243 e. The van der Waals surface area contributed by atoms with Crippen molar-refractivity contribution in [1.29, 1.82) is 0 Å². The van der Waals surface area contributed by atoms with Gasteiger partial charge in [0.1, 0.15) is 4.90 Å². The highest BCUT2D eigenvalue weighted by Gasteiger charge is 2.20. The summed E-state index contributed by atoms with van der Waals surface area (Å²) in [4.78, 5) is -0.113. The molecule has 0 aliphatic heterocycles. The molecule has 1 rings (SSSR count). The summed E-state index contributed by atoms with van der Waals surface area (Å²) in [6, 6.07) is 4.53. The number of ether oxygens (including phenoxy) is 1. The summed E-state index contributed by atoms with van der Waals surface area (Å²) in [5, 5.41) is 0.172. The molecule has 0 bridgehead atoms. The predicted octanol–water partition coefficient (Wildman–Crippen LogP) is 2.86. The van der Waals surface area contributed by atoms with E-state index in [9.17, 15) is 8.42 Å². The van der Waals surface area contributed by atoms with Gasteiger partial charge in [0.25, 0.3) is 0 Å². The normalized spacial score (nSPS) is 11.5. The average molecular weight is 324 g/mol. The van der Waals surface area contributed by atoms with Crippen LogP contribution in [-0.4, -0.2) is 28.2 Å². The summed E-state index contributed by atoms with van der Waals surface area (Å²) >= 11 is 11.7. The third-order valence-corrected chi connectivity index (χ3v) is 4.49. The zero-order valence-corrected chi connectivity index (χ0v) is 12.8. The fourth-order valence-electron chi connectivity index (χ4n) is 1.31. The maximum atomic E-state index is 12.0. The third-order valence-electron chi connectivity index (χ3n) is 2.07. The van der Waals surface area contributed by atoms with Gasteiger partial charge in [0.2, 0.25) is 10.0 Å². The quantitative estimate of drug-likeness (QED) is 0.620. The van der Waals surface area contributed by atoms with Gasteiger partial charge in [0.15, 0.2) is 0 Å². The van der Waals surface area contributed by atoms with E-state index in [1.807, 2.05) is 6.92 Å². The van der Waals surface area contributed by atoms with E-state index in [0.717, 1.165) is 5.57 Å².